The van der Waals surface area contributed by atoms with Crippen molar-refractivity contribution >= 4 is 12.0 Å². The lowest BCUT2D eigenvalue weighted by atomic mass is 9.93. The van der Waals surface area contributed by atoms with E-state index in [0.29, 0.717) is 11.3 Å². The van der Waals surface area contributed by atoms with E-state index >= 15 is 0 Å². The number of ether oxygens (including phenoxy) is 1. The van der Waals surface area contributed by atoms with Crippen molar-refractivity contribution in [1.82, 2.24) is 9.80 Å². The number of amides is 2. The summed E-state index contributed by atoms with van der Waals surface area (Å²) in [6, 6.07) is 7.23. The van der Waals surface area contributed by atoms with Gasteiger partial charge >= 0.3 is 12.0 Å². The zero-order valence-corrected chi connectivity index (χ0v) is 13.0. The number of nitrogens with zero attached hydrogens (tertiary/aromatic N) is 2. The van der Waals surface area contributed by atoms with Crippen LogP contribution in [0.4, 0.5) is 4.79 Å². The van der Waals surface area contributed by atoms with Gasteiger partial charge in [0, 0.05) is 19.8 Å². The van der Waals surface area contributed by atoms with Crippen molar-refractivity contribution in [2.45, 2.75) is 19.9 Å². The lowest BCUT2D eigenvalue weighted by Crippen LogP contribution is -2.47. The topological polar surface area (TPSA) is 49.9 Å². The Hall–Kier alpha value is -2.30. The highest BCUT2D eigenvalue weighted by molar-refractivity contribution is 5.94. The molecule has 0 aromatic heterocycles. The molecule has 112 valence electrons. The SMILES string of the molecule is COC(=O)C1=C(C)N(C)C(=O)N(C)C1c1ccc(C)cc1. The molecule has 21 heavy (non-hydrogen) atoms. The molecule has 0 aliphatic carbocycles. The molecule has 1 aromatic carbocycles. The predicted molar refractivity (Wildman–Crippen MR) is 79.6 cm³/mol. The molecule has 0 saturated carbocycles. The van der Waals surface area contributed by atoms with Crippen LogP contribution in [-0.2, 0) is 9.53 Å². The van der Waals surface area contributed by atoms with Gasteiger partial charge in [-0.2, -0.15) is 0 Å². The number of urea groups is 1. The second-order valence-corrected chi connectivity index (χ2v) is 5.26. The fourth-order valence-corrected chi connectivity index (χ4v) is 2.57. The maximum Gasteiger partial charge on any atom is 0.337 e. The molecule has 5 heteroatoms. The number of hydrogen-bond donors (Lipinski definition) is 0. The van der Waals surface area contributed by atoms with E-state index in [1.807, 2.05) is 31.2 Å². The van der Waals surface area contributed by atoms with Crippen LogP contribution in [0.25, 0.3) is 0 Å². The minimum atomic E-state index is -0.429. The average Bonchev–Trinajstić information content (AvgIpc) is 2.49. The first kappa shape index (κ1) is 15.1. The van der Waals surface area contributed by atoms with E-state index < -0.39 is 12.0 Å². The van der Waals surface area contributed by atoms with Gasteiger partial charge < -0.3 is 14.5 Å². The van der Waals surface area contributed by atoms with E-state index in [1.165, 1.54) is 12.0 Å². The maximum absolute atomic E-state index is 12.3. The number of carbonyl (C=O) groups excluding carboxylic acids is 2. The summed E-state index contributed by atoms with van der Waals surface area (Å²) in [5, 5.41) is 0. The predicted octanol–water partition coefficient (Wildman–Crippen LogP) is 2.48. The molecule has 0 N–H and O–H groups in total. The summed E-state index contributed by atoms with van der Waals surface area (Å²) in [5.74, 6) is -0.413. The Kier molecular flexibility index (Phi) is 4.02. The molecule has 1 aromatic rings. The summed E-state index contributed by atoms with van der Waals surface area (Å²) in [5.41, 5.74) is 3.13. The van der Waals surface area contributed by atoms with Crippen molar-refractivity contribution < 1.29 is 14.3 Å². The quantitative estimate of drug-likeness (QED) is 0.786. The highest BCUT2D eigenvalue weighted by Gasteiger charge is 2.38. The van der Waals surface area contributed by atoms with Crippen molar-refractivity contribution in [3.8, 4) is 0 Å². The number of rotatable bonds is 2. The summed E-state index contributed by atoms with van der Waals surface area (Å²) < 4.78 is 4.91. The Balaban J connectivity index is 2.60. The number of carbonyl (C=O) groups is 2. The number of likely N-dealkylation sites (N-methyl/N-ethyl adjacent to an activating group) is 1. The Morgan fingerprint density at radius 2 is 1.71 bits per heavy atom. The van der Waals surface area contributed by atoms with E-state index in [0.717, 1.165) is 11.1 Å². The van der Waals surface area contributed by atoms with Gasteiger partial charge in [0.2, 0.25) is 0 Å². The fraction of sp³-hybridized carbons (Fsp3) is 0.375. The zero-order chi connectivity index (χ0) is 15.7. The van der Waals surface area contributed by atoms with Crippen molar-refractivity contribution in [1.29, 1.82) is 0 Å². The van der Waals surface area contributed by atoms with Gasteiger partial charge in [-0.1, -0.05) is 29.8 Å². The van der Waals surface area contributed by atoms with Crippen LogP contribution in [0.15, 0.2) is 35.5 Å². The van der Waals surface area contributed by atoms with Crippen LogP contribution in [0.1, 0.15) is 24.1 Å². The molecular formula is C16H20N2O3. The van der Waals surface area contributed by atoms with Crippen LogP contribution in [0.2, 0.25) is 0 Å². The molecule has 5 nitrogen and oxygen atoms in total. The minimum Gasteiger partial charge on any atom is -0.466 e. The first-order valence-corrected chi connectivity index (χ1v) is 6.74. The van der Waals surface area contributed by atoms with Crippen LogP contribution in [0.5, 0.6) is 0 Å². The highest BCUT2D eigenvalue weighted by atomic mass is 16.5. The van der Waals surface area contributed by atoms with Crippen molar-refractivity contribution in [2.75, 3.05) is 21.2 Å². The third-order valence-corrected chi connectivity index (χ3v) is 3.94. The number of benzene rings is 1. The standard InChI is InChI=1S/C16H20N2O3/c1-10-6-8-12(9-7-10)14-13(15(19)21-5)11(2)17(3)16(20)18(14)4/h6-9,14H,1-5H3. The molecule has 1 atom stereocenters. The van der Waals surface area contributed by atoms with E-state index in [1.54, 1.807) is 25.9 Å². The Morgan fingerprint density at radius 3 is 2.24 bits per heavy atom. The smallest absolute Gasteiger partial charge is 0.337 e. The minimum absolute atomic E-state index is 0.147. The highest BCUT2D eigenvalue weighted by Crippen LogP contribution is 2.36. The van der Waals surface area contributed by atoms with Gasteiger partial charge in [-0.25, -0.2) is 9.59 Å². The van der Waals surface area contributed by atoms with E-state index in [4.69, 9.17) is 4.74 Å². The monoisotopic (exact) mass is 288 g/mol. The zero-order valence-electron chi connectivity index (χ0n) is 13.0. The van der Waals surface area contributed by atoms with Gasteiger partial charge in [-0.3, -0.25) is 0 Å². The number of methoxy groups -OCH3 is 1. The van der Waals surface area contributed by atoms with E-state index in [-0.39, 0.29) is 6.03 Å². The van der Waals surface area contributed by atoms with Crippen molar-refractivity contribution in [3.63, 3.8) is 0 Å². The van der Waals surface area contributed by atoms with Crippen LogP contribution >= 0.6 is 0 Å². The van der Waals surface area contributed by atoms with Gasteiger partial charge in [0.15, 0.2) is 0 Å². The molecule has 0 bridgehead atoms. The summed E-state index contributed by atoms with van der Waals surface area (Å²) in [7, 11) is 4.70. The molecule has 0 spiro atoms. The molecule has 1 aliphatic heterocycles. The van der Waals surface area contributed by atoms with Crippen LogP contribution in [0.3, 0.4) is 0 Å². The second-order valence-electron chi connectivity index (χ2n) is 5.26. The molecule has 2 amide bonds. The molecule has 1 unspecified atom stereocenters. The molecule has 0 fully saturated rings. The van der Waals surface area contributed by atoms with E-state index in [2.05, 4.69) is 0 Å². The van der Waals surface area contributed by atoms with E-state index in [9.17, 15) is 9.59 Å². The fourth-order valence-electron chi connectivity index (χ4n) is 2.57. The van der Waals surface area contributed by atoms with Gasteiger partial charge in [-0.05, 0) is 19.4 Å². The number of aryl methyl sites for hydroxylation is 1. The van der Waals surface area contributed by atoms with Crippen molar-refractivity contribution in [3.05, 3.63) is 46.7 Å². The summed E-state index contributed by atoms with van der Waals surface area (Å²) in [6.07, 6.45) is 0. The maximum atomic E-state index is 12.3. The van der Waals surface area contributed by atoms with Crippen LogP contribution in [-0.4, -0.2) is 43.0 Å². The first-order chi connectivity index (χ1) is 9.88. The Morgan fingerprint density at radius 1 is 1.14 bits per heavy atom. The number of hydrogen-bond acceptors (Lipinski definition) is 3. The van der Waals surface area contributed by atoms with Gasteiger partial charge in [-0.15, -0.1) is 0 Å². The molecule has 1 aliphatic rings. The third-order valence-electron chi connectivity index (χ3n) is 3.94. The summed E-state index contributed by atoms with van der Waals surface area (Å²) in [4.78, 5) is 27.5. The first-order valence-electron chi connectivity index (χ1n) is 6.74. The molecular weight excluding hydrogens is 268 g/mol. The molecule has 2 rings (SSSR count). The van der Waals surface area contributed by atoms with Gasteiger partial charge in [0.05, 0.1) is 18.7 Å². The Bertz CT molecular complexity index is 604. The van der Waals surface area contributed by atoms with Crippen LogP contribution < -0.4 is 0 Å². The van der Waals surface area contributed by atoms with Crippen LogP contribution in [0, 0.1) is 6.92 Å². The summed E-state index contributed by atoms with van der Waals surface area (Å²) >= 11 is 0. The number of allylic oxidation sites excluding steroid dienone is 1. The van der Waals surface area contributed by atoms with Gasteiger partial charge in [0.25, 0.3) is 0 Å². The lowest BCUT2D eigenvalue weighted by Gasteiger charge is -2.39. The van der Waals surface area contributed by atoms with Gasteiger partial charge in [0.1, 0.15) is 0 Å². The largest absolute Gasteiger partial charge is 0.466 e. The summed E-state index contributed by atoms with van der Waals surface area (Å²) in [6.45, 7) is 3.76. The number of esters is 1. The second kappa shape index (κ2) is 5.60. The molecule has 1 heterocycles. The molecule has 0 radical (unpaired) electrons. The lowest BCUT2D eigenvalue weighted by molar-refractivity contribution is -0.137. The van der Waals surface area contributed by atoms with Crippen molar-refractivity contribution in [2.24, 2.45) is 0 Å². The Labute approximate surface area is 124 Å². The molecule has 0 saturated heterocycles. The average molecular weight is 288 g/mol. The normalized spacial score (nSPS) is 19.1. The third kappa shape index (κ3) is 2.51.